The van der Waals surface area contributed by atoms with Crippen molar-refractivity contribution in [2.75, 3.05) is 20.8 Å². The summed E-state index contributed by atoms with van der Waals surface area (Å²) in [5, 5.41) is 10.3. The second-order valence-electron chi connectivity index (χ2n) is 7.60. The number of carbonyl (C=O) groups is 2. The normalized spacial score (nSPS) is 10.8. The molecule has 0 atom stereocenters. The quantitative estimate of drug-likeness (QED) is 0.225. The zero-order valence-corrected chi connectivity index (χ0v) is 19.3. The minimum Gasteiger partial charge on any atom is -0.504 e. The summed E-state index contributed by atoms with van der Waals surface area (Å²) < 4.78 is 15.5. The molecule has 0 bridgehead atoms. The molecule has 0 aliphatic carbocycles. The Bertz CT molecular complexity index is 1150. The summed E-state index contributed by atoms with van der Waals surface area (Å²) in [4.78, 5) is 24.4. The lowest BCUT2D eigenvalue weighted by atomic mass is 10.0. The first-order chi connectivity index (χ1) is 16.5. The number of esters is 1. The third kappa shape index (κ3) is 6.72. The van der Waals surface area contributed by atoms with Crippen molar-refractivity contribution in [2.45, 2.75) is 19.3 Å². The van der Waals surface area contributed by atoms with Crippen molar-refractivity contribution in [3.8, 4) is 17.2 Å². The first-order valence-electron chi connectivity index (χ1n) is 11.0. The van der Waals surface area contributed by atoms with Gasteiger partial charge >= 0.3 is 5.97 Å². The summed E-state index contributed by atoms with van der Waals surface area (Å²) in [5.74, 6) is 0.236. The maximum absolute atomic E-state index is 12.8. The highest BCUT2D eigenvalue weighted by atomic mass is 16.5. The van der Waals surface area contributed by atoms with E-state index in [-0.39, 0.29) is 17.1 Å². The summed E-state index contributed by atoms with van der Waals surface area (Å²) >= 11 is 0. The van der Waals surface area contributed by atoms with Gasteiger partial charge in [0.2, 0.25) is 0 Å². The molecular weight excluding hydrogens is 432 g/mol. The number of ketones is 1. The lowest BCUT2D eigenvalue weighted by molar-refractivity contribution is 0.0600. The number of aromatic hydroxyl groups is 1. The average Bonchev–Trinajstić information content (AvgIpc) is 2.88. The molecule has 0 fully saturated rings. The van der Waals surface area contributed by atoms with Crippen LogP contribution in [0.25, 0.3) is 6.08 Å². The Morgan fingerprint density at radius 2 is 1.62 bits per heavy atom. The minimum absolute atomic E-state index is 0.102. The predicted octanol–water partition coefficient (Wildman–Crippen LogP) is 5.68. The molecule has 3 rings (SSSR count). The summed E-state index contributed by atoms with van der Waals surface area (Å²) in [5.41, 5.74) is 2.04. The van der Waals surface area contributed by atoms with E-state index in [2.05, 4.69) is 12.2 Å². The molecule has 3 aromatic rings. The van der Waals surface area contributed by atoms with E-state index < -0.39 is 5.97 Å². The lowest BCUT2D eigenvalue weighted by Crippen LogP contribution is -2.06. The number of benzene rings is 3. The number of hydrogen-bond donors (Lipinski definition) is 1. The van der Waals surface area contributed by atoms with Crippen LogP contribution in [0.5, 0.6) is 17.2 Å². The number of rotatable bonds is 11. The molecule has 0 saturated carbocycles. The van der Waals surface area contributed by atoms with Gasteiger partial charge in [0.25, 0.3) is 0 Å². The molecule has 0 unspecified atom stereocenters. The van der Waals surface area contributed by atoms with Gasteiger partial charge in [0.05, 0.1) is 26.4 Å². The summed E-state index contributed by atoms with van der Waals surface area (Å²) in [6, 6.07) is 18.7. The Morgan fingerprint density at radius 1 is 0.882 bits per heavy atom. The van der Waals surface area contributed by atoms with Gasteiger partial charge < -0.3 is 19.3 Å². The van der Waals surface area contributed by atoms with Crippen LogP contribution < -0.4 is 9.47 Å². The topological polar surface area (TPSA) is 82.1 Å². The SMILES string of the molecule is COC(=O)c1cccc(C(=O)c2ccc(OCCCC/C=C/c3ccc(OC)cc3)c(O)c2)c1. The van der Waals surface area contributed by atoms with E-state index in [9.17, 15) is 14.7 Å². The van der Waals surface area contributed by atoms with E-state index in [4.69, 9.17) is 14.2 Å². The van der Waals surface area contributed by atoms with Gasteiger partial charge in [0.15, 0.2) is 17.3 Å². The number of unbranched alkanes of at least 4 members (excludes halogenated alkanes) is 2. The van der Waals surface area contributed by atoms with Crippen LogP contribution >= 0.6 is 0 Å². The monoisotopic (exact) mass is 460 g/mol. The lowest BCUT2D eigenvalue weighted by Gasteiger charge is -2.09. The molecule has 0 aromatic heterocycles. The van der Waals surface area contributed by atoms with Gasteiger partial charge in [0.1, 0.15) is 5.75 Å². The maximum Gasteiger partial charge on any atom is 0.337 e. The highest BCUT2D eigenvalue weighted by Gasteiger charge is 2.14. The maximum atomic E-state index is 12.8. The Balaban J connectivity index is 1.47. The van der Waals surface area contributed by atoms with Crippen LogP contribution in [0.15, 0.2) is 72.8 Å². The molecular formula is C28H28O6. The largest absolute Gasteiger partial charge is 0.504 e. The molecule has 3 aromatic carbocycles. The number of hydrogen-bond acceptors (Lipinski definition) is 6. The molecule has 0 heterocycles. The Kier molecular flexibility index (Phi) is 8.86. The molecule has 34 heavy (non-hydrogen) atoms. The fraction of sp³-hybridized carbons (Fsp3) is 0.214. The molecule has 0 saturated heterocycles. The molecule has 6 heteroatoms. The van der Waals surface area contributed by atoms with E-state index in [0.29, 0.717) is 23.5 Å². The third-order valence-electron chi connectivity index (χ3n) is 5.22. The highest BCUT2D eigenvalue weighted by molar-refractivity contribution is 6.10. The van der Waals surface area contributed by atoms with Crippen molar-refractivity contribution in [3.05, 3.63) is 95.1 Å². The van der Waals surface area contributed by atoms with Gasteiger partial charge in [-0.1, -0.05) is 36.4 Å². The van der Waals surface area contributed by atoms with Gasteiger partial charge in [-0.2, -0.15) is 0 Å². The van der Waals surface area contributed by atoms with Crippen LogP contribution in [-0.2, 0) is 4.74 Å². The first kappa shape index (κ1) is 24.6. The molecule has 176 valence electrons. The Morgan fingerprint density at radius 3 is 2.32 bits per heavy atom. The van der Waals surface area contributed by atoms with Crippen molar-refractivity contribution in [1.29, 1.82) is 0 Å². The molecule has 1 N–H and O–H groups in total. The predicted molar refractivity (Wildman–Crippen MR) is 131 cm³/mol. The average molecular weight is 461 g/mol. The number of methoxy groups -OCH3 is 2. The molecule has 0 spiro atoms. The number of phenolic OH excluding ortho intramolecular Hbond substituents is 1. The van der Waals surface area contributed by atoms with Crippen LogP contribution in [0.3, 0.4) is 0 Å². The van der Waals surface area contributed by atoms with Crippen molar-refractivity contribution in [3.63, 3.8) is 0 Å². The summed E-state index contributed by atoms with van der Waals surface area (Å²) in [6.45, 7) is 0.457. The van der Waals surface area contributed by atoms with Crippen LogP contribution in [0, 0.1) is 0 Å². The van der Waals surface area contributed by atoms with Gasteiger partial charge in [-0.05, 0) is 67.3 Å². The number of allylic oxidation sites excluding steroid dienone is 1. The Labute approximate surface area is 199 Å². The van der Waals surface area contributed by atoms with Crippen LogP contribution in [0.4, 0.5) is 0 Å². The van der Waals surface area contributed by atoms with E-state index in [0.717, 1.165) is 30.6 Å². The third-order valence-corrected chi connectivity index (χ3v) is 5.22. The Hall–Kier alpha value is -4.06. The smallest absolute Gasteiger partial charge is 0.337 e. The summed E-state index contributed by atoms with van der Waals surface area (Å²) in [6.07, 6.45) is 6.88. The van der Waals surface area contributed by atoms with Gasteiger partial charge in [-0.25, -0.2) is 4.79 Å². The molecule has 0 amide bonds. The van der Waals surface area contributed by atoms with Crippen LogP contribution in [-0.4, -0.2) is 37.7 Å². The number of phenols is 1. The van der Waals surface area contributed by atoms with Gasteiger partial charge in [0, 0.05) is 11.1 Å². The fourth-order valence-corrected chi connectivity index (χ4v) is 3.33. The van der Waals surface area contributed by atoms with Crippen molar-refractivity contribution in [1.82, 2.24) is 0 Å². The standard InChI is InChI=1S/C28H28O6/c1-32-24-14-11-20(12-15-24)8-5-3-4-6-17-34-26-16-13-22(19-25(26)29)27(30)21-9-7-10-23(18-21)28(31)33-2/h5,7-16,18-19,29H,3-4,6,17H2,1-2H3/b8-5+. The van der Waals surface area contributed by atoms with Gasteiger partial charge in [-0.3, -0.25) is 4.79 Å². The van der Waals surface area contributed by atoms with Crippen molar-refractivity contribution in [2.24, 2.45) is 0 Å². The van der Waals surface area contributed by atoms with Crippen molar-refractivity contribution < 1.29 is 28.9 Å². The highest BCUT2D eigenvalue weighted by Crippen LogP contribution is 2.28. The second kappa shape index (κ2) is 12.3. The van der Waals surface area contributed by atoms with E-state index >= 15 is 0 Å². The van der Waals surface area contributed by atoms with Crippen molar-refractivity contribution >= 4 is 17.8 Å². The molecule has 0 aliphatic rings. The second-order valence-corrected chi connectivity index (χ2v) is 7.60. The zero-order chi connectivity index (χ0) is 24.3. The first-order valence-corrected chi connectivity index (χ1v) is 11.0. The van der Waals surface area contributed by atoms with Crippen LogP contribution in [0.1, 0.15) is 51.1 Å². The molecule has 0 aliphatic heterocycles. The van der Waals surface area contributed by atoms with E-state index in [1.807, 2.05) is 24.3 Å². The summed E-state index contributed by atoms with van der Waals surface area (Å²) in [7, 11) is 2.93. The van der Waals surface area contributed by atoms with E-state index in [1.54, 1.807) is 37.4 Å². The zero-order valence-electron chi connectivity index (χ0n) is 19.3. The van der Waals surface area contributed by atoms with Gasteiger partial charge in [-0.15, -0.1) is 0 Å². The minimum atomic E-state index is -0.516. The molecule has 6 nitrogen and oxygen atoms in total. The van der Waals surface area contributed by atoms with Crippen LogP contribution in [0.2, 0.25) is 0 Å². The number of carbonyl (C=O) groups excluding carboxylic acids is 2. The molecule has 0 radical (unpaired) electrons. The fourth-order valence-electron chi connectivity index (χ4n) is 3.33. The van der Waals surface area contributed by atoms with E-state index in [1.165, 1.54) is 19.2 Å². The number of ether oxygens (including phenoxy) is 3.